The van der Waals surface area contributed by atoms with Crippen molar-refractivity contribution in [3.63, 3.8) is 0 Å². The molecule has 0 saturated carbocycles. The van der Waals surface area contributed by atoms with Crippen LogP contribution in [0.1, 0.15) is 11.1 Å². The second kappa shape index (κ2) is 6.36. The summed E-state index contributed by atoms with van der Waals surface area (Å²) in [6.45, 7) is 3.01. The van der Waals surface area contributed by atoms with Crippen molar-refractivity contribution in [2.24, 2.45) is 0 Å². The predicted octanol–water partition coefficient (Wildman–Crippen LogP) is 2.56. The molecule has 2 aromatic rings. The molecule has 2 heterocycles. The van der Waals surface area contributed by atoms with Crippen LogP contribution in [-0.2, 0) is 0 Å². The topological polar surface area (TPSA) is 78.3 Å². The fraction of sp³-hybridized carbons (Fsp3) is 0.235. The standard InChI is InChI=1S/C17H16N4O2/c1-12-3-2-4-14(7-12)20-17(22)21-10-15(11-21)23-16-6-5-13(8-18)9-19-16/h2-7,9,15H,10-11H2,1H3,(H,20,22). The lowest BCUT2D eigenvalue weighted by Gasteiger charge is -2.38. The fourth-order valence-corrected chi connectivity index (χ4v) is 2.29. The Morgan fingerprint density at radius 3 is 2.87 bits per heavy atom. The lowest BCUT2D eigenvalue weighted by molar-refractivity contribution is 0.0461. The van der Waals surface area contributed by atoms with E-state index in [2.05, 4.69) is 10.3 Å². The summed E-state index contributed by atoms with van der Waals surface area (Å²) < 4.78 is 5.66. The van der Waals surface area contributed by atoms with Crippen LogP contribution in [0.5, 0.6) is 5.88 Å². The lowest BCUT2D eigenvalue weighted by Crippen LogP contribution is -2.57. The largest absolute Gasteiger partial charge is 0.471 e. The predicted molar refractivity (Wildman–Crippen MR) is 85.1 cm³/mol. The monoisotopic (exact) mass is 308 g/mol. The van der Waals surface area contributed by atoms with E-state index in [1.807, 2.05) is 37.3 Å². The van der Waals surface area contributed by atoms with E-state index in [-0.39, 0.29) is 12.1 Å². The number of likely N-dealkylation sites (tertiary alicyclic amines) is 1. The molecule has 1 saturated heterocycles. The van der Waals surface area contributed by atoms with Gasteiger partial charge < -0.3 is 15.0 Å². The Bertz CT molecular complexity index is 746. The quantitative estimate of drug-likeness (QED) is 0.945. The molecule has 3 rings (SSSR count). The van der Waals surface area contributed by atoms with Crippen LogP contribution in [0.3, 0.4) is 0 Å². The Labute approximate surface area is 134 Å². The van der Waals surface area contributed by atoms with Gasteiger partial charge >= 0.3 is 6.03 Å². The van der Waals surface area contributed by atoms with Gasteiger partial charge in [0, 0.05) is 18.0 Å². The summed E-state index contributed by atoms with van der Waals surface area (Å²) in [4.78, 5) is 17.8. The average Bonchev–Trinajstić information content (AvgIpc) is 2.51. The summed E-state index contributed by atoms with van der Waals surface area (Å²) >= 11 is 0. The minimum Gasteiger partial charge on any atom is -0.471 e. The number of anilines is 1. The first-order valence-electron chi connectivity index (χ1n) is 7.29. The number of aromatic nitrogens is 1. The van der Waals surface area contributed by atoms with E-state index >= 15 is 0 Å². The molecule has 0 bridgehead atoms. The normalized spacial score (nSPS) is 13.8. The van der Waals surface area contributed by atoms with E-state index in [4.69, 9.17) is 10.00 Å². The number of ether oxygens (including phenoxy) is 1. The SMILES string of the molecule is Cc1cccc(NC(=O)N2CC(Oc3ccc(C#N)cn3)C2)c1. The average molecular weight is 308 g/mol. The van der Waals surface area contributed by atoms with E-state index in [0.717, 1.165) is 11.3 Å². The minimum absolute atomic E-state index is 0.0707. The molecule has 1 aromatic heterocycles. The molecule has 1 aliphatic heterocycles. The van der Waals surface area contributed by atoms with Crippen LogP contribution in [0.4, 0.5) is 10.5 Å². The van der Waals surface area contributed by atoms with Gasteiger partial charge in [-0.1, -0.05) is 12.1 Å². The number of carbonyl (C=O) groups is 1. The summed E-state index contributed by atoms with van der Waals surface area (Å²) in [5, 5.41) is 11.6. The smallest absolute Gasteiger partial charge is 0.322 e. The molecule has 116 valence electrons. The van der Waals surface area contributed by atoms with Crippen molar-refractivity contribution in [3.05, 3.63) is 53.7 Å². The minimum atomic E-state index is -0.136. The Balaban J connectivity index is 1.48. The molecule has 1 aromatic carbocycles. The number of pyridine rings is 1. The molecule has 0 aliphatic carbocycles. The van der Waals surface area contributed by atoms with Crippen LogP contribution in [0.2, 0.25) is 0 Å². The molecule has 0 atom stereocenters. The zero-order valence-corrected chi connectivity index (χ0v) is 12.7. The van der Waals surface area contributed by atoms with E-state index in [1.165, 1.54) is 6.20 Å². The van der Waals surface area contributed by atoms with Crippen LogP contribution >= 0.6 is 0 Å². The number of aryl methyl sites for hydroxylation is 1. The van der Waals surface area contributed by atoms with Gasteiger partial charge in [0.05, 0.1) is 18.7 Å². The summed E-state index contributed by atoms with van der Waals surface area (Å²) in [5.41, 5.74) is 2.37. The van der Waals surface area contributed by atoms with Crippen molar-refractivity contribution in [1.29, 1.82) is 5.26 Å². The number of urea groups is 1. The second-order valence-corrected chi connectivity index (χ2v) is 5.44. The molecule has 1 aliphatic rings. The van der Waals surface area contributed by atoms with Gasteiger partial charge in [0.2, 0.25) is 5.88 Å². The van der Waals surface area contributed by atoms with Crippen molar-refractivity contribution in [3.8, 4) is 11.9 Å². The van der Waals surface area contributed by atoms with Crippen molar-refractivity contribution < 1.29 is 9.53 Å². The number of hydrogen-bond acceptors (Lipinski definition) is 4. The first-order valence-corrected chi connectivity index (χ1v) is 7.29. The van der Waals surface area contributed by atoms with Crippen LogP contribution in [0, 0.1) is 18.3 Å². The van der Waals surface area contributed by atoms with Gasteiger partial charge in [-0.25, -0.2) is 9.78 Å². The Hall–Kier alpha value is -3.07. The number of benzene rings is 1. The van der Waals surface area contributed by atoms with E-state index in [0.29, 0.717) is 24.5 Å². The molecular weight excluding hydrogens is 292 g/mol. The van der Waals surface area contributed by atoms with Crippen LogP contribution < -0.4 is 10.1 Å². The van der Waals surface area contributed by atoms with E-state index < -0.39 is 0 Å². The third-order valence-corrected chi connectivity index (χ3v) is 3.56. The summed E-state index contributed by atoms with van der Waals surface area (Å²) in [6.07, 6.45) is 1.40. The summed E-state index contributed by atoms with van der Waals surface area (Å²) in [6, 6.07) is 12.9. The number of carbonyl (C=O) groups excluding carboxylic acids is 1. The Morgan fingerprint density at radius 2 is 2.22 bits per heavy atom. The van der Waals surface area contributed by atoms with Gasteiger partial charge in [0.25, 0.3) is 0 Å². The Kier molecular flexibility index (Phi) is 4.11. The van der Waals surface area contributed by atoms with Crippen molar-refractivity contribution in [2.45, 2.75) is 13.0 Å². The van der Waals surface area contributed by atoms with Crippen LogP contribution in [0.15, 0.2) is 42.6 Å². The fourth-order valence-electron chi connectivity index (χ4n) is 2.29. The number of hydrogen-bond donors (Lipinski definition) is 1. The zero-order chi connectivity index (χ0) is 16.2. The lowest BCUT2D eigenvalue weighted by atomic mass is 10.2. The van der Waals surface area contributed by atoms with E-state index in [9.17, 15) is 4.79 Å². The van der Waals surface area contributed by atoms with Crippen molar-refractivity contribution in [2.75, 3.05) is 18.4 Å². The highest BCUT2D eigenvalue weighted by molar-refractivity contribution is 5.90. The number of rotatable bonds is 3. The molecule has 6 nitrogen and oxygen atoms in total. The number of nitriles is 1. The third-order valence-electron chi connectivity index (χ3n) is 3.56. The van der Waals surface area contributed by atoms with Crippen molar-refractivity contribution >= 4 is 11.7 Å². The second-order valence-electron chi connectivity index (χ2n) is 5.44. The van der Waals surface area contributed by atoms with Gasteiger partial charge in [0.15, 0.2) is 0 Å². The van der Waals surface area contributed by atoms with Gasteiger partial charge in [-0.15, -0.1) is 0 Å². The van der Waals surface area contributed by atoms with Gasteiger partial charge in [-0.3, -0.25) is 0 Å². The summed E-state index contributed by atoms with van der Waals surface area (Å²) in [5.74, 6) is 0.466. The first-order chi connectivity index (χ1) is 11.1. The number of amides is 2. The maximum absolute atomic E-state index is 12.1. The van der Waals surface area contributed by atoms with E-state index in [1.54, 1.807) is 17.0 Å². The van der Waals surface area contributed by atoms with Gasteiger partial charge in [-0.05, 0) is 30.7 Å². The number of nitrogens with zero attached hydrogens (tertiary/aromatic N) is 3. The highest BCUT2D eigenvalue weighted by atomic mass is 16.5. The highest BCUT2D eigenvalue weighted by Crippen LogP contribution is 2.18. The molecule has 1 N–H and O–H groups in total. The third kappa shape index (κ3) is 3.58. The molecular formula is C17H16N4O2. The highest BCUT2D eigenvalue weighted by Gasteiger charge is 2.32. The van der Waals surface area contributed by atoms with Crippen LogP contribution in [-0.4, -0.2) is 35.1 Å². The van der Waals surface area contributed by atoms with Gasteiger partial charge in [0.1, 0.15) is 12.2 Å². The molecule has 0 spiro atoms. The van der Waals surface area contributed by atoms with Gasteiger partial charge in [-0.2, -0.15) is 5.26 Å². The van der Waals surface area contributed by atoms with Crippen molar-refractivity contribution in [1.82, 2.24) is 9.88 Å². The molecule has 6 heteroatoms. The molecule has 1 fully saturated rings. The molecule has 23 heavy (non-hydrogen) atoms. The maximum Gasteiger partial charge on any atom is 0.322 e. The molecule has 0 radical (unpaired) electrons. The van der Waals surface area contributed by atoms with Crippen LogP contribution in [0.25, 0.3) is 0 Å². The maximum atomic E-state index is 12.1. The zero-order valence-electron chi connectivity index (χ0n) is 12.7. The number of nitrogens with one attached hydrogen (secondary N) is 1. The molecule has 0 unspecified atom stereocenters. The first kappa shape index (κ1) is 14.9. The Morgan fingerprint density at radius 1 is 1.39 bits per heavy atom. The molecule has 2 amide bonds. The summed E-state index contributed by atoms with van der Waals surface area (Å²) in [7, 11) is 0.